The molecule has 0 unspecified atom stereocenters. The second-order valence-electron chi connectivity index (χ2n) is 6.67. The Morgan fingerprint density at radius 1 is 1.19 bits per heavy atom. The average molecular weight is 295 g/mol. The summed E-state index contributed by atoms with van der Waals surface area (Å²) in [6.07, 6.45) is 3.64. The van der Waals surface area contributed by atoms with E-state index < -0.39 is 6.10 Å². The molecule has 6 nitrogen and oxygen atoms in total. The van der Waals surface area contributed by atoms with E-state index in [4.69, 9.17) is 0 Å². The van der Waals surface area contributed by atoms with E-state index in [-0.39, 0.29) is 23.8 Å². The SMILES string of the molecule is CN1CC[C@@H](N2CCC([C@@H](O)C(=O)NC3CC3)CC2)C1=O. The first kappa shape index (κ1) is 14.8. The molecule has 6 heteroatoms. The Morgan fingerprint density at radius 2 is 1.86 bits per heavy atom. The van der Waals surface area contributed by atoms with Crippen molar-refractivity contribution in [3.05, 3.63) is 0 Å². The van der Waals surface area contributed by atoms with Crippen molar-refractivity contribution in [3.8, 4) is 0 Å². The minimum atomic E-state index is -0.894. The van der Waals surface area contributed by atoms with E-state index in [0.717, 1.165) is 51.7 Å². The summed E-state index contributed by atoms with van der Waals surface area (Å²) in [5.74, 6) is 0.0161. The van der Waals surface area contributed by atoms with Gasteiger partial charge in [-0.1, -0.05) is 0 Å². The standard InChI is InChI=1S/C15H25N3O3/c1-17-7-6-12(15(17)21)18-8-4-10(5-9-18)13(19)14(20)16-11-2-3-11/h10-13,19H,2-9H2,1H3,(H,16,20)/t12-,13-/m1/s1. The Hall–Kier alpha value is -1.14. The lowest BCUT2D eigenvalue weighted by Crippen LogP contribution is -2.49. The van der Waals surface area contributed by atoms with Crippen LogP contribution in [0.25, 0.3) is 0 Å². The number of rotatable bonds is 4. The number of carbonyl (C=O) groups excluding carboxylic acids is 2. The molecule has 0 aromatic rings. The van der Waals surface area contributed by atoms with Gasteiger partial charge in [0.2, 0.25) is 11.8 Å². The summed E-state index contributed by atoms with van der Waals surface area (Å²) in [5.41, 5.74) is 0. The molecule has 2 saturated heterocycles. The molecule has 118 valence electrons. The van der Waals surface area contributed by atoms with Gasteiger partial charge in [-0.25, -0.2) is 0 Å². The van der Waals surface area contributed by atoms with Gasteiger partial charge in [-0.05, 0) is 51.1 Å². The molecule has 0 radical (unpaired) electrons. The smallest absolute Gasteiger partial charge is 0.249 e. The van der Waals surface area contributed by atoms with Gasteiger partial charge < -0.3 is 15.3 Å². The highest BCUT2D eigenvalue weighted by Gasteiger charge is 2.38. The lowest BCUT2D eigenvalue weighted by molar-refractivity contribution is -0.135. The molecule has 21 heavy (non-hydrogen) atoms. The number of likely N-dealkylation sites (N-methyl/N-ethyl adjacent to an activating group) is 1. The molecule has 1 saturated carbocycles. The van der Waals surface area contributed by atoms with E-state index in [0.29, 0.717) is 6.04 Å². The van der Waals surface area contributed by atoms with Gasteiger partial charge in [-0.2, -0.15) is 0 Å². The molecule has 2 amide bonds. The summed E-state index contributed by atoms with van der Waals surface area (Å²) in [7, 11) is 1.85. The number of aliphatic hydroxyl groups excluding tert-OH is 1. The summed E-state index contributed by atoms with van der Waals surface area (Å²) in [6.45, 7) is 2.42. The lowest BCUT2D eigenvalue weighted by Gasteiger charge is -2.36. The summed E-state index contributed by atoms with van der Waals surface area (Å²) in [4.78, 5) is 27.9. The number of aliphatic hydroxyl groups is 1. The van der Waals surface area contributed by atoms with Gasteiger partial charge in [0.15, 0.2) is 0 Å². The topological polar surface area (TPSA) is 72.9 Å². The van der Waals surface area contributed by atoms with Crippen LogP contribution in [0.4, 0.5) is 0 Å². The van der Waals surface area contributed by atoms with Crippen LogP contribution in [0.5, 0.6) is 0 Å². The van der Waals surface area contributed by atoms with Gasteiger partial charge >= 0.3 is 0 Å². The highest BCUT2D eigenvalue weighted by Crippen LogP contribution is 2.26. The average Bonchev–Trinajstić information content (AvgIpc) is 3.24. The minimum absolute atomic E-state index is 0.00776. The number of piperidine rings is 1. The zero-order chi connectivity index (χ0) is 15.0. The second-order valence-corrected chi connectivity index (χ2v) is 6.67. The Labute approximate surface area is 125 Å². The van der Waals surface area contributed by atoms with Crippen LogP contribution in [0.2, 0.25) is 0 Å². The largest absolute Gasteiger partial charge is 0.383 e. The third-order valence-electron chi connectivity index (χ3n) is 5.05. The van der Waals surface area contributed by atoms with Crippen LogP contribution in [-0.2, 0) is 9.59 Å². The predicted octanol–water partition coefficient (Wildman–Crippen LogP) is -0.431. The van der Waals surface area contributed by atoms with Crippen molar-refractivity contribution in [2.24, 2.45) is 5.92 Å². The summed E-state index contributed by atoms with van der Waals surface area (Å²) in [5, 5.41) is 13.0. The summed E-state index contributed by atoms with van der Waals surface area (Å²) in [6, 6.07) is 0.298. The fraction of sp³-hybridized carbons (Fsp3) is 0.867. The fourth-order valence-corrected chi connectivity index (χ4v) is 3.42. The number of hydrogen-bond acceptors (Lipinski definition) is 4. The van der Waals surface area contributed by atoms with Gasteiger partial charge in [0.25, 0.3) is 0 Å². The van der Waals surface area contributed by atoms with Crippen molar-refractivity contribution < 1.29 is 14.7 Å². The van der Waals surface area contributed by atoms with Crippen LogP contribution in [0.1, 0.15) is 32.1 Å². The van der Waals surface area contributed by atoms with Crippen molar-refractivity contribution in [2.45, 2.75) is 50.3 Å². The Balaban J connectivity index is 1.48. The van der Waals surface area contributed by atoms with E-state index in [1.54, 1.807) is 4.90 Å². The van der Waals surface area contributed by atoms with Crippen molar-refractivity contribution in [2.75, 3.05) is 26.7 Å². The van der Waals surface area contributed by atoms with Gasteiger partial charge in [-0.3, -0.25) is 14.5 Å². The molecule has 3 fully saturated rings. The maximum Gasteiger partial charge on any atom is 0.249 e. The van der Waals surface area contributed by atoms with Crippen LogP contribution in [-0.4, -0.2) is 71.6 Å². The van der Waals surface area contributed by atoms with Crippen molar-refractivity contribution in [1.82, 2.24) is 15.1 Å². The van der Waals surface area contributed by atoms with Crippen LogP contribution in [0, 0.1) is 5.92 Å². The fourth-order valence-electron chi connectivity index (χ4n) is 3.42. The molecule has 2 heterocycles. The number of likely N-dealkylation sites (tertiary alicyclic amines) is 2. The molecule has 1 aliphatic carbocycles. The molecule has 3 rings (SSSR count). The van der Waals surface area contributed by atoms with E-state index in [1.807, 2.05) is 7.05 Å². The molecule has 0 bridgehead atoms. The molecule has 0 spiro atoms. The zero-order valence-corrected chi connectivity index (χ0v) is 12.6. The molecule has 2 atom stereocenters. The number of nitrogens with zero attached hydrogens (tertiary/aromatic N) is 2. The molecule has 0 aromatic heterocycles. The minimum Gasteiger partial charge on any atom is -0.383 e. The van der Waals surface area contributed by atoms with Crippen molar-refractivity contribution in [3.63, 3.8) is 0 Å². The zero-order valence-electron chi connectivity index (χ0n) is 12.6. The van der Waals surface area contributed by atoms with E-state index in [9.17, 15) is 14.7 Å². The molecular weight excluding hydrogens is 270 g/mol. The number of hydrogen-bond donors (Lipinski definition) is 2. The molecule has 2 N–H and O–H groups in total. The number of nitrogens with one attached hydrogen (secondary N) is 1. The van der Waals surface area contributed by atoms with Crippen molar-refractivity contribution in [1.29, 1.82) is 0 Å². The maximum atomic E-state index is 12.0. The first-order chi connectivity index (χ1) is 10.1. The highest BCUT2D eigenvalue weighted by atomic mass is 16.3. The third kappa shape index (κ3) is 3.21. The predicted molar refractivity (Wildman–Crippen MR) is 77.5 cm³/mol. The van der Waals surface area contributed by atoms with Crippen molar-refractivity contribution >= 4 is 11.8 Å². The first-order valence-electron chi connectivity index (χ1n) is 8.03. The van der Waals surface area contributed by atoms with E-state index in [2.05, 4.69) is 10.2 Å². The van der Waals surface area contributed by atoms with Crippen LogP contribution < -0.4 is 5.32 Å². The van der Waals surface area contributed by atoms with Crippen LogP contribution in [0.15, 0.2) is 0 Å². The Bertz CT molecular complexity index is 416. The Kier molecular flexibility index (Phi) is 4.17. The maximum absolute atomic E-state index is 12.0. The Morgan fingerprint density at radius 3 is 2.38 bits per heavy atom. The summed E-state index contributed by atoms with van der Waals surface area (Å²) >= 11 is 0. The normalized spacial score (nSPS) is 29.7. The van der Waals surface area contributed by atoms with Gasteiger partial charge in [0.1, 0.15) is 6.10 Å². The lowest BCUT2D eigenvalue weighted by atomic mass is 9.90. The third-order valence-corrected chi connectivity index (χ3v) is 5.05. The van der Waals surface area contributed by atoms with Crippen LogP contribution >= 0.6 is 0 Å². The monoisotopic (exact) mass is 295 g/mol. The van der Waals surface area contributed by atoms with Gasteiger partial charge in [0.05, 0.1) is 6.04 Å². The number of carbonyl (C=O) groups is 2. The quantitative estimate of drug-likeness (QED) is 0.738. The van der Waals surface area contributed by atoms with Gasteiger partial charge in [0, 0.05) is 19.6 Å². The van der Waals surface area contributed by atoms with Crippen LogP contribution in [0.3, 0.4) is 0 Å². The molecule has 0 aromatic carbocycles. The number of amides is 2. The molecule has 2 aliphatic heterocycles. The van der Waals surface area contributed by atoms with E-state index in [1.165, 1.54) is 0 Å². The molecule has 3 aliphatic rings. The molecular formula is C15H25N3O3. The van der Waals surface area contributed by atoms with E-state index >= 15 is 0 Å². The van der Waals surface area contributed by atoms with Gasteiger partial charge in [-0.15, -0.1) is 0 Å². The first-order valence-corrected chi connectivity index (χ1v) is 8.03. The second kappa shape index (κ2) is 5.93. The highest BCUT2D eigenvalue weighted by molar-refractivity contribution is 5.83. The summed E-state index contributed by atoms with van der Waals surface area (Å²) < 4.78 is 0.